The molecule has 46 heavy (non-hydrogen) atoms. The van der Waals surface area contributed by atoms with Gasteiger partial charge >= 0.3 is 5.97 Å². The van der Waals surface area contributed by atoms with Crippen LogP contribution in [0.1, 0.15) is 69.4 Å². The number of Topliss-reactive ketones (excluding diaryl/α,β-unsaturated/α-hetero) is 1. The Morgan fingerprint density at radius 1 is 0.717 bits per heavy atom. The van der Waals surface area contributed by atoms with Crippen molar-refractivity contribution in [1.82, 2.24) is 0 Å². The van der Waals surface area contributed by atoms with Crippen LogP contribution in [-0.2, 0) is 30.7 Å². The molecule has 2 spiro atoms. The average Bonchev–Trinajstić information content (AvgIpc) is 3.78. The van der Waals surface area contributed by atoms with Crippen molar-refractivity contribution in [2.24, 2.45) is 0 Å². The molecular weight excluding hydrogens is 568 g/mol. The zero-order valence-corrected chi connectivity index (χ0v) is 25.7. The Labute approximate surface area is 269 Å². The summed E-state index contributed by atoms with van der Waals surface area (Å²) >= 11 is 0. The van der Waals surface area contributed by atoms with Crippen molar-refractivity contribution in [2.75, 3.05) is 6.61 Å². The fraction of sp³-hybridized carbons (Fsp3) is 0.190. The highest BCUT2D eigenvalue weighted by atomic mass is 16.5. The zero-order chi connectivity index (χ0) is 31.4. The quantitative estimate of drug-likeness (QED) is 0.144. The maximum absolute atomic E-state index is 15.0. The van der Waals surface area contributed by atoms with E-state index in [2.05, 4.69) is 30.3 Å². The first-order valence-corrected chi connectivity index (χ1v) is 16.0. The van der Waals surface area contributed by atoms with Crippen molar-refractivity contribution in [3.8, 4) is 0 Å². The van der Waals surface area contributed by atoms with E-state index in [-0.39, 0.29) is 18.4 Å². The Balaban J connectivity index is 1.43. The van der Waals surface area contributed by atoms with Gasteiger partial charge in [0, 0.05) is 28.5 Å². The smallest absolute Gasteiger partial charge is 0.317 e. The Kier molecular flexibility index (Phi) is 6.57. The van der Waals surface area contributed by atoms with Crippen LogP contribution in [0.25, 0.3) is 11.8 Å². The van der Waals surface area contributed by atoms with Crippen molar-refractivity contribution in [2.45, 2.75) is 42.1 Å². The van der Waals surface area contributed by atoms with Gasteiger partial charge < -0.3 is 9.47 Å². The third kappa shape index (κ3) is 3.99. The largest absolute Gasteiger partial charge is 0.481 e. The van der Waals surface area contributed by atoms with E-state index in [4.69, 9.17) is 9.47 Å². The molecule has 1 heterocycles. The lowest BCUT2D eigenvalue weighted by molar-refractivity contribution is -0.147. The molecule has 4 atom stereocenters. The number of carbonyl (C=O) groups excluding carboxylic acids is 2. The molecule has 0 radical (unpaired) electrons. The molecule has 4 nitrogen and oxygen atoms in total. The van der Waals surface area contributed by atoms with Crippen molar-refractivity contribution in [3.05, 3.63) is 178 Å². The maximum atomic E-state index is 15.0. The fourth-order valence-corrected chi connectivity index (χ4v) is 8.41. The zero-order valence-electron chi connectivity index (χ0n) is 25.7. The van der Waals surface area contributed by atoms with E-state index in [9.17, 15) is 9.59 Å². The second kappa shape index (κ2) is 10.7. The summed E-state index contributed by atoms with van der Waals surface area (Å²) in [5.41, 5.74) is 3.66. The molecule has 0 saturated heterocycles. The number of carbonyl (C=O) groups is 2. The van der Waals surface area contributed by atoms with Crippen molar-refractivity contribution in [1.29, 1.82) is 0 Å². The Hall–Kier alpha value is -5.22. The SMILES string of the molecule is CCOC(=O)C1(c2ccccc2)CC12CC1(OC(c3ccccc3)=Cc3ccccc31)C(C(=O)c1ccccc1)c1ccccc12. The van der Waals surface area contributed by atoms with Gasteiger partial charge in [-0.2, -0.15) is 0 Å². The first-order valence-electron chi connectivity index (χ1n) is 16.0. The lowest BCUT2D eigenvalue weighted by atomic mass is 9.58. The Bertz CT molecular complexity index is 1980. The predicted molar refractivity (Wildman–Crippen MR) is 179 cm³/mol. The molecule has 8 rings (SSSR count). The van der Waals surface area contributed by atoms with Gasteiger partial charge in [-0.15, -0.1) is 0 Å². The molecule has 226 valence electrons. The molecule has 0 amide bonds. The van der Waals surface area contributed by atoms with Gasteiger partial charge in [-0.1, -0.05) is 140 Å². The first-order chi connectivity index (χ1) is 22.5. The molecule has 1 saturated carbocycles. The van der Waals surface area contributed by atoms with Crippen molar-refractivity contribution < 1.29 is 19.1 Å². The molecule has 0 bridgehead atoms. The summed E-state index contributed by atoms with van der Waals surface area (Å²) in [7, 11) is 0. The number of ketones is 1. The van der Waals surface area contributed by atoms with Crippen LogP contribution in [0.3, 0.4) is 0 Å². The summed E-state index contributed by atoms with van der Waals surface area (Å²) in [5, 5.41) is 0. The second-order valence-corrected chi connectivity index (χ2v) is 12.6. The second-order valence-electron chi connectivity index (χ2n) is 12.6. The van der Waals surface area contributed by atoms with Crippen molar-refractivity contribution >= 4 is 23.6 Å². The van der Waals surface area contributed by atoms with Crippen LogP contribution in [0, 0.1) is 0 Å². The summed E-state index contributed by atoms with van der Waals surface area (Å²) in [6, 6.07) is 46.0. The highest BCUT2D eigenvalue weighted by Crippen LogP contribution is 2.75. The highest BCUT2D eigenvalue weighted by molar-refractivity contribution is 6.04. The van der Waals surface area contributed by atoms with Crippen LogP contribution in [0.4, 0.5) is 0 Å². The number of hydrogen-bond donors (Lipinski definition) is 0. The van der Waals surface area contributed by atoms with Gasteiger partial charge in [-0.3, -0.25) is 9.59 Å². The third-order valence-electron chi connectivity index (χ3n) is 10.3. The lowest BCUT2D eigenvalue weighted by Gasteiger charge is -2.51. The number of ether oxygens (including phenoxy) is 2. The Morgan fingerprint density at radius 2 is 1.33 bits per heavy atom. The number of hydrogen-bond acceptors (Lipinski definition) is 4. The summed E-state index contributed by atoms with van der Waals surface area (Å²) in [6.45, 7) is 2.14. The normalized spacial score (nSPS) is 25.5. The van der Waals surface area contributed by atoms with Gasteiger partial charge in [-0.05, 0) is 41.7 Å². The number of rotatable bonds is 6. The summed E-state index contributed by atoms with van der Waals surface area (Å²) in [6.07, 6.45) is 3.06. The van der Waals surface area contributed by atoms with Crippen LogP contribution in [0.5, 0.6) is 0 Å². The minimum atomic E-state index is -1.11. The average molecular weight is 603 g/mol. The van der Waals surface area contributed by atoms with Crippen LogP contribution < -0.4 is 0 Å². The van der Waals surface area contributed by atoms with E-state index in [1.165, 1.54) is 0 Å². The summed E-state index contributed by atoms with van der Waals surface area (Å²) < 4.78 is 13.3. The molecule has 5 aromatic carbocycles. The van der Waals surface area contributed by atoms with Crippen LogP contribution >= 0.6 is 0 Å². The molecule has 0 N–H and O–H groups in total. The molecule has 1 aliphatic heterocycles. The molecule has 0 aromatic heterocycles. The van der Waals surface area contributed by atoms with E-state index < -0.39 is 22.3 Å². The summed E-state index contributed by atoms with van der Waals surface area (Å²) in [5.74, 6) is -0.195. The summed E-state index contributed by atoms with van der Waals surface area (Å²) in [4.78, 5) is 29.3. The minimum absolute atomic E-state index is 0.00545. The van der Waals surface area contributed by atoms with Crippen LogP contribution in [0.2, 0.25) is 0 Å². The molecule has 2 aliphatic carbocycles. The van der Waals surface area contributed by atoms with E-state index >= 15 is 0 Å². The molecular formula is C42H34O4. The highest BCUT2D eigenvalue weighted by Gasteiger charge is 2.79. The van der Waals surface area contributed by atoms with E-state index in [1.54, 1.807) is 0 Å². The minimum Gasteiger partial charge on any atom is -0.481 e. The van der Waals surface area contributed by atoms with Gasteiger partial charge in [0.2, 0.25) is 0 Å². The topological polar surface area (TPSA) is 52.6 Å². The molecule has 4 heteroatoms. The lowest BCUT2D eigenvalue weighted by Crippen LogP contribution is -2.51. The number of benzene rings is 5. The van der Waals surface area contributed by atoms with Gasteiger partial charge in [0.1, 0.15) is 16.8 Å². The number of fused-ring (bicyclic) bond motifs is 4. The van der Waals surface area contributed by atoms with E-state index in [1.807, 2.05) is 122 Å². The molecule has 3 aliphatic rings. The predicted octanol–water partition coefficient (Wildman–Crippen LogP) is 8.62. The fourth-order valence-electron chi connectivity index (χ4n) is 8.41. The van der Waals surface area contributed by atoms with Gasteiger partial charge in [-0.25, -0.2) is 0 Å². The maximum Gasteiger partial charge on any atom is 0.317 e. The van der Waals surface area contributed by atoms with E-state index in [0.717, 1.165) is 33.4 Å². The number of esters is 1. The monoisotopic (exact) mass is 602 g/mol. The van der Waals surface area contributed by atoms with Gasteiger partial charge in [0.15, 0.2) is 5.78 Å². The first kappa shape index (κ1) is 28.3. The third-order valence-corrected chi connectivity index (χ3v) is 10.3. The van der Waals surface area contributed by atoms with Crippen LogP contribution in [0.15, 0.2) is 140 Å². The van der Waals surface area contributed by atoms with Gasteiger partial charge in [0.05, 0.1) is 12.5 Å². The van der Waals surface area contributed by atoms with Gasteiger partial charge in [0.25, 0.3) is 0 Å². The molecule has 5 aromatic rings. The molecule has 1 fully saturated rings. The standard InChI is InChI=1S/C42H34O4/c1-2-45-39(44)41(32-21-10-5-11-22-32)27-40(41)28-42(34-24-14-12-20-31(34)26-36(46-42)29-16-6-3-7-17-29)37(33-23-13-15-25-35(33)40)38(43)30-18-8-4-9-19-30/h3-26,37H,2,27-28H2,1H3. The Morgan fingerprint density at radius 3 is 2.04 bits per heavy atom. The van der Waals surface area contributed by atoms with Crippen LogP contribution in [-0.4, -0.2) is 18.4 Å². The van der Waals surface area contributed by atoms with Crippen molar-refractivity contribution in [3.63, 3.8) is 0 Å². The van der Waals surface area contributed by atoms with E-state index in [0.29, 0.717) is 24.2 Å². The molecule has 4 unspecified atom stereocenters.